The number of carbonyl (C=O) groups is 1. The number of rotatable bonds is 1. The van der Waals surface area contributed by atoms with Gasteiger partial charge < -0.3 is 65.9 Å². The Hall–Kier alpha value is 0.303. The number of ketones is 1. The molecule has 8 rings (SSSR count). The van der Waals surface area contributed by atoms with Crippen LogP contribution in [0, 0.1) is 62.5 Å². The van der Waals surface area contributed by atoms with Crippen LogP contribution >= 0.6 is 90.4 Å². The van der Waals surface area contributed by atoms with Crippen LogP contribution in [0.2, 0.25) is 0 Å². The molecule has 0 radical (unpaired) electrons. The molecule has 0 unspecified atom stereocenters. The summed E-state index contributed by atoms with van der Waals surface area (Å²) >= 11 is 8.42. The molecule has 0 saturated carbocycles. The normalized spacial score (nSPS) is 16.8. The Morgan fingerprint density at radius 1 is 0.803 bits per heavy atom. The van der Waals surface area contributed by atoms with Crippen LogP contribution in [0.25, 0.3) is 6.08 Å². The summed E-state index contributed by atoms with van der Waals surface area (Å²) in [7, 11) is 0. The van der Waals surface area contributed by atoms with Crippen LogP contribution in [0.15, 0.2) is 23.8 Å². The number of halogens is 5. The molecule has 15 nitrogen and oxygen atoms in total. The van der Waals surface area contributed by atoms with Crippen molar-refractivity contribution in [2.24, 2.45) is 10.8 Å². The Bertz CT molecular complexity index is 2020. The summed E-state index contributed by atoms with van der Waals surface area (Å²) in [5.41, 5.74) is 13.4. The van der Waals surface area contributed by atoms with Gasteiger partial charge in [0, 0.05) is 12.0 Å². The van der Waals surface area contributed by atoms with Gasteiger partial charge in [0.15, 0.2) is 17.4 Å². The number of carbonyl (C=O) groups excluding carboxylic acids is 1. The smallest absolute Gasteiger partial charge is 1.00 e. The molecule has 61 heavy (non-hydrogen) atoms. The number of aromatic nitrogens is 6. The minimum absolute atomic E-state index is 0. The molecule has 0 amide bonds. The zero-order chi connectivity index (χ0) is 43.7. The van der Waals surface area contributed by atoms with E-state index in [2.05, 4.69) is 157 Å². The van der Waals surface area contributed by atoms with E-state index in [9.17, 15) is 15.0 Å². The molecule has 0 aromatic carbocycles. The Balaban J connectivity index is 0. The first-order valence-corrected chi connectivity index (χ1v) is 21.5. The first-order chi connectivity index (χ1) is 27.1. The maximum Gasteiger partial charge on any atom is 2.00 e. The second-order valence-corrected chi connectivity index (χ2v) is 18.9. The third-order valence-electron chi connectivity index (χ3n) is 7.43. The number of hydrogen-bond acceptors (Lipinski definition) is 15. The van der Waals surface area contributed by atoms with Gasteiger partial charge in [-0.1, -0.05) is 44.6 Å². The molecule has 320 valence electrons. The predicted octanol–water partition coefficient (Wildman–Crippen LogP) is -2.68. The van der Waals surface area contributed by atoms with Gasteiger partial charge in [0.25, 0.3) is 0 Å². The number of anilines is 2. The van der Waals surface area contributed by atoms with E-state index in [0.29, 0.717) is 57.7 Å². The number of nitrogens with two attached hydrogens (primary N) is 2. The average molecular weight is 1340 g/mol. The molecular formula is C39H44ClI4KMgN8O7. The Labute approximate surface area is 477 Å². The van der Waals surface area contributed by atoms with Gasteiger partial charge in [-0.15, -0.1) is 37.5 Å². The monoisotopic (exact) mass is 1340 g/mol. The van der Waals surface area contributed by atoms with Gasteiger partial charge in [0.05, 0.1) is 65.3 Å². The average Bonchev–Trinajstić information content (AvgIpc) is 3.55. The molecule has 4 saturated heterocycles. The van der Waals surface area contributed by atoms with Crippen molar-refractivity contribution in [2.75, 3.05) is 64.3 Å². The van der Waals surface area contributed by atoms with Crippen LogP contribution < -0.4 is 80.4 Å². The van der Waals surface area contributed by atoms with E-state index in [-0.39, 0.29) is 103 Å². The molecule has 4 fully saturated rings. The van der Waals surface area contributed by atoms with Crippen molar-refractivity contribution in [3.05, 3.63) is 61.7 Å². The van der Waals surface area contributed by atoms with Crippen molar-refractivity contribution in [2.45, 2.75) is 52.2 Å². The Morgan fingerprint density at radius 3 is 1.61 bits per heavy atom. The molecule has 0 bridgehead atoms. The summed E-state index contributed by atoms with van der Waals surface area (Å²) in [6.45, 7) is 13.3. The number of fused-ring (bicyclic) bond motifs is 1. The third kappa shape index (κ3) is 24.1. The summed E-state index contributed by atoms with van der Waals surface area (Å²) in [6, 6.07) is 5.70. The van der Waals surface area contributed by atoms with Crippen LogP contribution in [-0.4, -0.2) is 129 Å². The fraction of sp³-hybridized carbons (Fsp3) is 0.462. The predicted molar refractivity (Wildman–Crippen MR) is 256 cm³/mol. The molecule has 5 N–H and O–H groups in total. The van der Waals surface area contributed by atoms with Gasteiger partial charge in [-0.05, 0) is 128 Å². The van der Waals surface area contributed by atoms with Gasteiger partial charge in [0.2, 0.25) is 0 Å². The second-order valence-electron chi connectivity index (χ2n) is 14.5. The van der Waals surface area contributed by atoms with E-state index in [1.807, 2.05) is 31.2 Å². The number of hydrogen-bond donors (Lipinski definition) is 3. The fourth-order valence-corrected chi connectivity index (χ4v) is 6.36. The van der Waals surface area contributed by atoms with E-state index < -0.39 is 11.2 Å². The van der Waals surface area contributed by atoms with E-state index >= 15 is 0 Å². The summed E-state index contributed by atoms with van der Waals surface area (Å²) in [4.78, 5) is 9.77. The maximum atomic E-state index is 10.1. The first kappa shape index (κ1) is 63.4. The summed E-state index contributed by atoms with van der Waals surface area (Å²) in [5.74, 6) is 9.93. The summed E-state index contributed by atoms with van der Waals surface area (Å²) in [6.07, 6.45) is 16.8. The summed E-state index contributed by atoms with van der Waals surface area (Å²) in [5, 5.41) is 43.4. The van der Waals surface area contributed by atoms with Crippen LogP contribution in [0.5, 0.6) is 0 Å². The number of nitrogens with zero attached hydrogens (tertiary/aromatic N) is 6. The van der Waals surface area contributed by atoms with Gasteiger partial charge in [0.1, 0.15) is 29.9 Å². The molecule has 22 heteroatoms. The molecule has 5 aliphatic rings. The molecule has 7 heterocycles. The minimum atomic E-state index is -0.758. The number of nitrogen functional groups attached to an aromatic ring is 2. The van der Waals surface area contributed by atoms with Gasteiger partial charge in [-0.3, -0.25) is 4.79 Å². The topological polar surface area (TPSA) is 227 Å². The zero-order valence-electron chi connectivity index (χ0n) is 34.7. The molecule has 3 aromatic heterocycles. The Morgan fingerprint density at radius 2 is 1.25 bits per heavy atom. The van der Waals surface area contributed by atoms with Crippen molar-refractivity contribution in [1.29, 1.82) is 0 Å². The number of ether oxygens (including phenoxy) is 4. The quantitative estimate of drug-likeness (QED) is 0.0978. The largest absolute Gasteiger partial charge is 2.00 e. The van der Waals surface area contributed by atoms with Crippen molar-refractivity contribution in [3.63, 3.8) is 0 Å². The second kappa shape index (κ2) is 30.6. The summed E-state index contributed by atoms with van der Waals surface area (Å²) < 4.78 is 23.0. The van der Waals surface area contributed by atoms with Crippen LogP contribution in [0.4, 0.5) is 11.6 Å². The van der Waals surface area contributed by atoms with Gasteiger partial charge in [-0.2, -0.15) is 5.10 Å². The molecule has 0 spiro atoms. The van der Waals surface area contributed by atoms with Crippen LogP contribution in [0.3, 0.4) is 0 Å². The van der Waals surface area contributed by atoms with Crippen molar-refractivity contribution < 1.29 is 97.7 Å². The Kier molecular flexibility index (Phi) is 31.8. The first-order valence-electron chi connectivity index (χ1n) is 17.1. The van der Waals surface area contributed by atoms with Crippen molar-refractivity contribution in [1.82, 2.24) is 30.6 Å². The molecule has 1 aliphatic carbocycles. The van der Waals surface area contributed by atoms with Crippen molar-refractivity contribution in [3.8, 4) is 30.6 Å². The fourth-order valence-electron chi connectivity index (χ4n) is 4.08. The molecule has 4 aliphatic heterocycles. The van der Waals surface area contributed by atoms with E-state index in [1.165, 1.54) is 0 Å². The van der Waals surface area contributed by atoms with Crippen LogP contribution in [0.1, 0.15) is 51.4 Å². The van der Waals surface area contributed by atoms with Crippen LogP contribution in [-0.2, 0) is 30.2 Å². The van der Waals surface area contributed by atoms with E-state index in [0.717, 1.165) is 50.3 Å². The number of Topliss-reactive ketones (excluding diaryl/α,β-unsaturated/α-hetero) is 1. The van der Waals surface area contributed by atoms with Gasteiger partial charge in [-0.25, -0.2) is 0 Å². The van der Waals surface area contributed by atoms with E-state index in [1.54, 1.807) is 20.8 Å². The maximum absolute atomic E-state index is 10.1. The number of terminal acetylenes is 2. The third-order valence-corrected chi connectivity index (χ3v) is 9.88. The SMILES string of the molecule is C#CC1(C)COC1.CC(C)(C)[O-].CC1(C#Cc2cc(I)nnc2N)COC1.Nc1nnc(I)cc1I.O=C1COC1.OC1(C2=Cc3cc(I)nnc3C2)COC1.[C-]#C.[Cl-].[K+].[Mg+2]. The molecule has 3 aromatic rings. The minimum Gasteiger partial charge on any atom is -1.00 e. The van der Waals surface area contributed by atoms with Crippen molar-refractivity contribution >= 4 is 137 Å². The van der Waals surface area contributed by atoms with E-state index in [4.69, 9.17) is 38.5 Å². The molecule has 0 atom stereocenters. The standard InChI is InChI=1S/C10H10IN3O.C10H9IN2O2.C6H8O.C4H3I2N3.C4H9O.C3H4O2.C2H.ClH.K.Mg/c1-10(5-15-6-10)3-2-7-4-8(11)13-14-9(7)12;11-9-2-6-1-7(3-8(6)12-13-9)10(14)4-15-5-10;1-3-6(2)4-7-5-6;5-2-1-3(6)8-9-4(2)7;1-4(2,3)5;4-3-1-5-2-3;1-2;;;/h4H,5-6H2,1H3,(H2,12,14);1-2,14H,3-5H2;1H,4-5H2,2H3;1H,(H2,7,9);1-3H3;1-2H2;1H;1H;;/q;;;;-1;;-1;;+1;+2/p-1. The number of aliphatic hydroxyl groups is 1. The van der Waals surface area contributed by atoms with Gasteiger partial charge >= 0.3 is 74.4 Å². The zero-order valence-corrected chi connectivity index (χ0v) is 48.6. The molecular weight excluding hydrogens is 1300 g/mol.